The molecule has 0 N–H and O–H groups in total. The second-order valence-corrected chi connectivity index (χ2v) is 13.9. The summed E-state index contributed by atoms with van der Waals surface area (Å²) in [5, 5.41) is 0.614. The monoisotopic (exact) mass is 270 g/mol. The van der Waals surface area contributed by atoms with E-state index < -0.39 is 8.32 Å². The average Bonchev–Trinajstić information content (AvgIpc) is 2.42. The highest BCUT2D eigenvalue weighted by molar-refractivity contribution is 6.81. The van der Waals surface area contributed by atoms with Crippen molar-refractivity contribution in [1.82, 2.24) is 0 Å². The third-order valence-corrected chi connectivity index (χ3v) is 12.1. The van der Waals surface area contributed by atoms with Crippen LogP contribution in [0.3, 0.4) is 0 Å². The van der Waals surface area contributed by atoms with Gasteiger partial charge in [0.1, 0.15) is 0 Å². The largest absolute Gasteiger partial charge is 0.412 e. The standard InChI is InChI=1S/C16H34OSi/c1-10-11-14-12(2)13(3)18(17-14,15(4,5)6)16(7,8)9/h12-14H,10-11H2,1-9H3/t12-,13-,14-/m1/s1. The predicted octanol–water partition coefficient (Wildman–Crippen LogP) is 5.76. The molecule has 3 atom stereocenters. The van der Waals surface area contributed by atoms with Crippen LogP contribution in [0.5, 0.6) is 0 Å². The lowest BCUT2D eigenvalue weighted by atomic mass is 9.98. The molecule has 0 saturated carbocycles. The maximum absolute atomic E-state index is 6.88. The molecule has 1 nitrogen and oxygen atoms in total. The van der Waals surface area contributed by atoms with Crippen molar-refractivity contribution in [2.75, 3.05) is 0 Å². The molecular weight excluding hydrogens is 236 g/mol. The highest BCUT2D eigenvalue weighted by atomic mass is 28.4. The molecule has 0 unspecified atom stereocenters. The Balaban J connectivity index is 3.22. The Morgan fingerprint density at radius 1 is 0.944 bits per heavy atom. The predicted molar refractivity (Wildman–Crippen MR) is 83.6 cm³/mol. The Hall–Kier alpha value is 0.177. The second kappa shape index (κ2) is 4.94. The lowest BCUT2D eigenvalue weighted by molar-refractivity contribution is 0.155. The molecule has 0 aromatic rings. The molecule has 1 aliphatic rings. The van der Waals surface area contributed by atoms with Gasteiger partial charge in [-0.15, -0.1) is 0 Å². The molecule has 0 aliphatic carbocycles. The van der Waals surface area contributed by atoms with Crippen LogP contribution >= 0.6 is 0 Å². The first-order valence-corrected chi connectivity index (χ1v) is 9.65. The number of hydrogen-bond acceptors (Lipinski definition) is 1. The van der Waals surface area contributed by atoms with Crippen molar-refractivity contribution in [3.8, 4) is 0 Å². The zero-order chi connectivity index (χ0) is 14.4. The van der Waals surface area contributed by atoms with E-state index in [9.17, 15) is 0 Å². The van der Waals surface area contributed by atoms with Crippen molar-refractivity contribution in [3.05, 3.63) is 0 Å². The Kier molecular flexibility index (Phi) is 4.45. The first-order valence-electron chi connectivity index (χ1n) is 7.67. The minimum Gasteiger partial charge on any atom is -0.412 e. The number of hydrogen-bond donors (Lipinski definition) is 0. The molecule has 1 heterocycles. The van der Waals surface area contributed by atoms with Gasteiger partial charge in [-0.05, 0) is 28.0 Å². The molecule has 2 heteroatoms. The fraction of sp³-hybridized carbons (Fsp3) is 1.00. The molecule has 1 saturated heterocycles. The van der Waals surface area contributed by atoms with Gasteiger partial charge in [-0.25, -0.2) is 0 Å². The van der Waals surface area contributed by atoms with Crippen molar-refractivity contribution >= 4 is 8.32 Å². The summed E-state index contributed by atoms with van der Waals surface area (Å²) in [5.74, 6) is 0.718. The van der Waals surface area contributed by atoms with Crippen LogP contribution in [0, 0.1) is 5.92 Å². The van der Waals surface area contributed by atoms with E-state index in [4.69, 9.17) is 4.43 Å². The van der Waals surface area contributed by atoms with E-state index in [2.05, 4.69) is 62.3 Å². The Morgan fingerprint density at radius 2 is 1.39 bits per heavy atom. The summed E-state index contributed by atoms with van der Waals surface area (Å²) in [6, 6.07) is 0. The molecule has 1 rings (SSSR count). The van der Waals surface area contributed by atoms with Gasteiger partial charge in [0, 0.05) is 6.10 Å². The Labute approximate surface area is 116 Å². The minimum atomic E-state index is -1.80. The molecule has 1 aliphatic heterocycles. The Morgan fingerprint density at radius 3 is 1.67 bits per heavy atom. The van der Waals surface area contributed by atoms with Gasteiger partial charge in [-0.1, -0.05) is 68.7 Å². The molecule has 0 spiro atoms. The van der Waals surface area contributed by atoms with Gasteiger partial charge in [-0.3, -0.25) is 0 Å². The van der Waals surface area contributed by atoms with Crippen LogP contribution in [-0.4, -0.2) is 14.4 Å². The van der Waals surface area contributed by atoms with Crippen molar-refractivity contribution in [3.63, 3.8) is 0 Å². The van der Waals surface area contributed by atoms with Crippen LogP contribution in [-0.2, 0) is 4.43 Å². The van der Waals surface area contributed by atoms with Crippen LogP contribution in [0.2, 0.25) is 15.6 Å². The lowest BCUT2D eigenvalue weighted by Crippen LogP contribution is -2.55. The maximum Gasteiger partial charge on any atom is 0.206 e. The molecule has 18 heavy (non-hydrogen) atoms. The van der Waals surface area contributed by atoms with Crippen LogP contribution in [0.1, 0.15) is 75.2 Å². The lowest BCUT2D eigenvalue weighted by Gasteiger charge is -2.51. The minimum absolute atomic E-state index is 0.307. The summed E-state index contributed by atoms with van der Waals surface area (Å²) in [6.07, 6.45) is 2.96. The number of rotatable bonds is 2. The molecule has 108 valence electrons. The molecule has 0 aromatic heterocycles. The van der Waals surface area contributed by atoms with Crippen LogP contribution in [0.15, 0.2) is 0 Å². The maximum atomic E-state index is 6.88. The smallest absolute Gasteiger partial charge is 0.206 e. The van der Waals surface area contributed by atoms with E-state index in [0.29, 0.717) is 16.2 Å². The molecule has 0 radical (unpaired) electrons. The van der Waals surface area contributed by atoms with Crippen molar-refractivity contribution in [1.29, 1.82) is 0 Å². The summed E-state index contributed by atoms with van der Waals surface area (Å²) in [6.45, 7) is 21.6. The fourth-order valence-corrected chi connectivity index (χ4v) is 12.3. The van der Waals surface area contributed by atoms with Gasteiger partial charge in [0.05, 0.1) is 0 Å². The topological polar surface area (TPSA) is 9.23 Å². The fourth-order valence-electron chi connectivity index (χ4n) is 4.60. The van der Waals surface area contributed by atoms with Crippen LogP contribution < -0.4 is 0 Å². The average molecular weight is 271 g/mol. The van der Waals surface area contributed by atoms with E-state index in [0.717, 1.165) is 11.5 Å². The van der Waals surface area contributed by atoms with Gasteiger partial charge in [0.15, 0.2) is 0 Å². The summed E-state index contributed by atoms with van der Waals surface area (Å²) in [7, 11) is -1.80. The highest BCUT2D eigenvalue weighted by Crippen LogP contribution is 2.63. The van der Waals surface area contributed by atoms with Crippen molar-refractivity contribution in [2.24, 2.45) is 5.92 Å². The summed E-state index contributed by atoms with van der Waals surface area (Å²) >= 11 is 0. The van der Waals surface area contributed by atoms with Gasteiger partial charge >= 0.3 is 0 Å². The third kappa shape index (κ3) is 2.31. The highest BCUT2D eigenvalue weighted by Gasteiger charge is 2.64. The zero-order valence-corrected chi connectivity index (χ0v) is 15.1. The quantitative estimate of drug-likeness (QED) is 0.580. The first-order chi connectivity index (χ1) is 7.99. The van der Waals surface area contributed by atoms with Crippen LogP contribution in [0.25, 0.3) is 0 Å². The van der Waals surface area contributed by atoms with E-state index in [-0.39, 0.29) is 0 Å². The first kappa shape index (κ1) is 16.2. The van der Waals surface area contributed by atoms with Crippen molar-refractivity contribution < 1.29 is 4.43 Å². The molecule has 1 fully saturated rings. The van der Waals surface area contributed by atoms with Crippen molar-refractivity contribution in [2.45, 2.75) is 96.9 Å². The Bertz CT molecular complexity index is 270. The second-order valence-electron chi connectivity index (χ2n) is 8.33. The molecular formula is C16H34OSi. The summed E-state index contributed by atoms with van der Waals surface area (Å²) in [4.78, 5) is 0. The van der Waals surface area contributed by atoms with Gasteiger partial charge < -0.3 is 4.43 Å². The van der Waals surface area contributed by atoms with E-state index in [1.54, 1.807) is 0 Å². The van der Waals surface area contributed by atoms with E-state index in [1.807, 2.05) is 0 Å². The SMILES string of the molecule is CCC[C@H]1O[Si](C(C)(C)C)(C(C)(C)C)[C@H](C)[C@H]1C. The normalized spacial score (nSPS) is 32.8. The third-order valence-electron chi connectivity index (χ3n) is 5.16. The zero-order valence-electron chi connectivity index (χ0n) is 14.1. The van der Waals surface area contributed by atoms with Gasteiger partial charge in [-0.2, -0.15) is 0 Å². The molecule has 0 amide bonds. The van der Waals surface area contributed by atoms with E-state index in [1.165, 1.54) is 12.8 Å². The summed E-state index contributed by atoms with van der Waals surface area (Å²) < 4.78 is 6.88. The molecule has 0 aromatic carbocycles. The summed E-state index contributed by atoms with van der Waals surface area (Å²) in [5.41, 5.74) is 0.744. The van der Waals surface area contributed by atoms with Gasteiger partial charge in [0.25, 0.3) is 0 Å². The van der Waals surface area contributed by atoms with E-state index >= 15 is 0 Å². The van der Waals surface area contributed by atoms with Crippen LogP contribution in [0.4, 0.5) is 0 Å². The van der Waals surface area contributed by atoms with Gasteiger partial charge in [0.2, 0.25) is 8.32 Å². The molecule has 0 bridgehead atoms.